The van der Waals surface area contributed by atoms with Gasteiger partial charge in [0.05, 0.1) is 0 Å². The molecular weight excluding hydrogens is 280 g/mol. The second-order valence-corrected chi connectivity index (χ2v) is 6.18. The molecule has 0 amide bonds. The van der Waals surface area contributed by atoms with Gasteiger partial charge in [0.1, 0.15) is 12.4 Å². The first-order valence-corrected chi connectivity index (χ1v) is 7.97. The second-order valence-electron chi connectivity index (χ2n) is 6.18. The highest BCUT2D eigenvalue weighted by Crippen LogP contribution is 2.27. The van der Waals surface area contributed by atoms with Crippen LogP contribution in [0.5, 0.6) is 5.75 Å². The standard InChI is InChI=1S/C22H22O/c1-16-7-9-19(10-8-16)15-23-22-13-18(3)12-21(14-22)20-6-4-5-17(2)11-20/h4-14H,15H2,1-3H3. The normalized spacial score (nSPS) is 10.6. The zero-order chi connectivity index (χ0) is 16.2. The molecule has 0 bridgehead atoms. The molecule has 0 N–H and O–H groups in total. The molecule has 1 nitrogen and oxygen atoms in total. The summed E-state index contributed by atoms with van der Waals surface area (Å²) in [6.45, 7) is 6.92. The van der Waals surface area contributed by atoms with E-state index in [1.165, 1.54) is 33.4 Å². The summed E-state index contributed by atoms with van der Waals surface area (Å²) in [7, 11) is 0. The van der Waals surface area contributed by atoms with E-state index >= 15 is 0 Å². The fraction of sp³-hybridized carbons (Fsp3) is 0.182. The number of ether oxygens (including phenoxy) is 1. The number of hydrogen-bond acceptors (Lipinski definition) is 1. The molecule has 1 heteroatoms. The number of hydrogen-bond donors (Lipinski definition) is 0. The van der Waals surface area contributed by atoms with Gasteiger partial charge in [0.25, 0.3) is 0 Å². The topological polar surface area (TPSA) is 9.23 Å². The molecule has 0 fully saturated rings. The van der Waals surface area contributed by atoms with E-state index in [2.05, 4.69) is 87.5 Å². The first kappa shape index (κ1) is 15.4. The number of rotatable bonds is 4. The van der Waals surface area contributed by atoms with Crippen molar-refractivity contribution in [2.24, 2.45) is 0 Å². The Morgan fingerprint density at radius 3 is 2.13 bits per heavy atom. The van der Waals surface area contributed by atoms with Gasteiger partial charge in [0.15, 0.2) is 0 Å². The zero-order valence-corrected chi connectivity index (χ0v) is 14.0. The third kappa shape index (κ3) is 4.01. The van der Waals surface area contributed by atoms with E-state index in [4.69, 9.17) is 4.74 Å². The van der Waals surface area contributed by atoms with Crippen LogP contribution in [0.3, 0.4) is 0 Å². The molecule has 0 heterocycles. The predicted octanol–water partition coefficient (Wildman–Crippen LogP) is 5.86. The summed E-state index contributed by atoms with van der Waals surface area (Å²) < 4.78 is 6.01. The van der Waals surface area contributed by atoms with Gasteiger partial charge in [-0.15, -0.1) is 0 Å². The SMILES string of the molecule is Cc1ccc(COc2cc(C)cc(-c3cccc(C)c3)c2)cc1. The second kappa shape index (κ2) is 6.70. The van der Waals surface area contributed by atoms with E-state index in [0.717, 1.165) is 5.75 Å². The summed E-state index contributed by atoms with van der Waals surface area (Å²) in [6, 6.07) is 23.5. The molecule has 0 atom stereocenters. The highest BCUT2D eigenvalue weighted by Gasteiger charge is 2.03. The summed E-state index contributed by atoms with van der Waals surface area (Å²) >= 11 is 0. The molecule has 3 aromatic carbocycles. The van der Waals surface area contributed by atoms with E-state index in [-0.39, 0.29) is 0 Å². The molecule has 0 unspecified atom stereocenters. The van der Waals surface area contributed by atoms with Crippen molar-refractivity contribution >= 4 is 0 Å². The van der Waals surface area contributed by atoms with E-state index in [9.17, 15) is 0 Å². The van der Waals surface area contributed by atoms with Crippen LogP contribution in [0.2, 0.25) is 0 Å². The third-order valence-corrected chi connectivity index (χ3v) is 3.93. The lowest BCUT2D eigenvalue weighted by Gasteiger charge is -2.11. The van der Waals surface area contributed by atoms with E-state index in [1.54, 1.807) is 0 Å². The molecule has 23 heavy (non-hydrogen) atoms. The van der Waals surface area contributed by atoms with E-state index < -0.39 is 0 Å². The Kier molecular flexibility index (Phi) is 4.47. The molecule has 0 aliphatic carbocycles. The largest absolute Gasteiger partial charge is 0.489 e. The summed E-state index contributed by atoms with van der Waals surface area (Å²) in [5.74, 6) is 0.919. The van der Waals surface area contributed by atoms with Crippen LogP contribution in [-0.2, 0) is 6.61 Å². The highest BCUT2D eigenvalue weighted by atomic mass is 16.5. The summed E-state index contributed by atoms with van der Waals surface area (Å²) in [6.07, 6.45) is 0. The first-order chi connectivity index (χ1) is 11.1. The Labute approximate surface area is 138 Å². The van der Waals surface area contributed by atoms with Crippen LogP contribution in [0.4, 0.5) is 0 Å². The van der Waals surface area contributed by atoms with Gasteiger partial charge < -0.3 is 4.74 Å². The lowest BCUT2D eigenvalue weighted by Crippen LogP contribution is -1.96. The van der Waals surface area contributed by atoms with Crippen molar-refractivity contribution in [2.75, 3.05) is 0 Å². The summed E-state index contributed by atoms with van der Waals surface area (Å²) in [5, 5.41) is 0. The summed E-state index contributed by atoms with van der Waals surface area (Å²) in [5.41, 5.74) is 7.37. The van der Waals surface area contributed by atoms with Gasteiger partial charge in [-0.1, -0.05) is 65.7 Å². The van der Waals surface area contributed by atoms with E-state index in [0.29, 0.717) is 6.61 Å². The van der Waals surface area contributed by atoms with Crippen molar-refractivity contribution in [1.82, 2.24) is 0 Å². The van der Waals surface area contributed by atoms with Crippen LogP contribution >= 0.6 is 0 Å². The van der Waals surface area contributed by atoms with Gasteiger partial charge in [-0.2, -0.15) is 0 Å². The van der Waals surface area contributed by atoms with Crippen LogP contribution in [0.15, 0.2) is 66.7 Å². The predicted molar refractivity (Wildman–Crippen MR) is 96.9 cm³/mol. The monoisotopic (exact) mass is 302 g/mol. The molecule has 0 aromatic heterocycles. The smallest absolute Gasteiger partial charge is 0.120 e. The van der Waals surface area contributed by atoms with Crippen LogP contribution in [-0.4, -0.2) is 0 Å². The Hall–Kier alpha value is -2.54. The van der Waals surface area contributed by atoms with Crippen LogP contribution in [0.1, 0.15) is 22.3 Å². The Morgan fingerprint density at radius 1 is 0.652 bits per heavy atom. The molecule has 0 aliphatic heterocycles. The maximum absolute atomic E-state index is 6.01. The summed E-state index contributed by atoms with van der Waals surface area (Å²) in [4.78, 5) is 0. The van der Waals surface area contributed by atoms with Crippen LogP contribution in [0.25, 0.3) is 11.1 Å². The molecule has 0 spiro atoms. The molecule has 3 rings (SSSR count). The zero-order valence-electron chi connectivity index (χ0n) is 14.0. The molecule has 0 aliphatic rings. The van der Waals surface area contributed by atoms with Crippen molar-refractivity contribution < 1.29 is 4.74 Å². The quantitative estimate of drug-likeness (QED) is 0.586. The maximum Gasteiger partial charge on any atom is 0.120 e. The average Bonchev–Trinajstić information content (AvgIpc) is 2.54. The van der Waals surface area contributed by atoms with Crippen molar-refractivity contribution in [3.8, 4) is 16.9 Å². The van der Waals surface area contributed by atoms with Crippen molar-refractivity contribution in [3.05, 3.63) is 89.0 Å². The average molecular weight is 302 g/mol. The van der Waals surface area contributed by atoms with Gasteiger partial charge in [0, 0.05) is 0 Å². The van der Waals surface area contributed by atoms with Gasteiger partial charge in [-0.3, -0.25) is 0 Å². The van der Waals surface area contributed by atoms with Gasteiger partial charge in [-0.05, 0) is 55.2 Å². The van der Waals surface area contributed by atoms with Crippen LogP contribution < -0.4 is 4.74 Å². The Bertz CT molecular complexity index is 800. The lowest BCUT2D eigenvalue weighted by molar-refractivity contribution is 0.306. The Balaban J connectivity index is 1.81. The molecular formula is C22H22O. The Morgan fingerprint density at radius 2 is 1.39 bits per heavy atom. The van der Waals surface area contributed by atoms with Gasteiger partial charge in [-0.25, -0.2) is 0 Å². The van der Waals surface area contributed by atoms with Gasteiger partial charge in [0.2, 0.25) is 0 Å². The number of aryl methyl sites for hydroxylation is 3. The number of benzene rings is 3. The molecule has 3 aromatic rings. The van der Waals surface area contributed by atoms with Crippen LogP contribution in [0, 0.1) is 20.8 Å². The minimum atomic E-state index is 0.594. The van der Waals surface area contributed by atoms with Gasteiger partial charge >= 0.3 is 0 Å². The highest BCUT2D eigenvalue weighted by molar-refractivity contribution is 5.66. The molecule has 0 radical (unpaired) electrons. The molecule has 116 valence electrons. The minimum absolute atomic E-state index is 0.594. The van der Waals surface area contributed by atoms with Crippen molar-refractivity contribution in [1.29, 1.82) is 0 Å². The fourth-order valence-corrected chi connectivity index (χ4v) is 2.67. The van der Waals surface area contributed by atoms with Crippen molar-refractivity contribution in [2.45, 2.75) is 27.4 Å². The van der Waals surface area contributed by atoms with E-state index in [1.807, 2.05) is 0 Å². The lowest BCUT2D eigenvalue weighted by atomic mass is 10.0. The third-order valence-electron chi connectivity index (χ3n) is 3.93. The fourth-order valence-electron chi connectivity index (χ4n) is 2.67. The minimum Gasteiger partial charge on any atom is -0.489 e. The molecule has 0 saturated heterocycles. The van der Waals surface area contributed by atoms with Crippen molar-refractivity contribution in [3.63, 3.8) is 0 Å². The molecule has 0 saturated carbocycles. The first-order valence-electron chi connectivity index (χ1n) is 7.97. The maximum atomic E-state index is 6.01.